The van der Waals surface area contributed by atoms with Gasteiger partial charge >= 0.3 is 0 Å². The van der Waals surface area contributed by atoms with Crippen molar-refractivity contribution in [3.8, 4) is 0 Å². The predicted molar refractivity (Wildman–Crippen MR) is 90.8 cm³/mol. The van der Waals surface area contributed by atoms with E-state index >= 15 is 0 Å². The lowest BCUT2D eigenvalue weighted by atomic mass is 9.94. The molecule has 0 saturated heterocycles. The van der Waals surface area contributed by atoms with Gasteiger partial charge in [-0.1, -0.05) is 19.9 Å². The quantitative estimate of drug-likeness (QED) is 0.874. The summed E-state index contributed by atoms with van der Waals surface area (Å²) in [6.45, 7) is 6.68. The molecule has 0 bridgehead atoms. The van der Waals surface area contributed by atoms with Gasteiger partial charge in [-0.15, -0.1) is 0 Å². The van der Waals surface area contributed by atoms with Gasteiger partial charge in [0, 0.05) is 32.7 Å². The van der Waals surface area contributed by atoms with Crippen LogP contribution in [0.3, 0.4) is 0 Å². The van der Waals surface area contributed by atoms with Gasteiger partial charge in [-0.2, -0.15) is 0 Å². The van der Waals surface area contributed by atoms with Crippen molar-refractivity contribution in [1.29, 1.82) is 0 Å². The van der Waals surface area contributed by atoms with Gasteiger partial charge in [-0.25, -0.2) is 12.7 Å². The van der Waals surface area contributed by atoms with Gasteiger partial charge in [0.2, 0.25) is 15.9 Å². The summed E-state index contributed by atoms with van der Waals surface area (Å²) < 4.78 is 26.9. The summed E-state index contributed by atoms with van der Waals surface area (Å²) in [6, 6.07) is 5.02. The second kappa shape index (κ2) is 6.22. The van der Waals surface area contributed by atoms with Crippen LogP contribution in [0.1, 0.15) is 26.3 Å². The first-order chi connectivity index (χ1) is 10.6. The van der Waals surface area contributed by atoms with Crippen molar-refractivity contribution in [3.05, 3.63) is 23.8 Å². The average molecular weight is 339 g/mol. The predicted octanol–water partition coefficient (Wildman–Crippen LogP) is 1.20. The highest BCUT2D eigenvalue weighted by molar-refractivity contribution is 7.89. The Morgan fingerprint density at radius 3 is 2.61 bits per heavy atom. The van der Waals surface area contributed by atoms with E-state index in [0.717, 1.165) is 12.0 Å². The van der Waals surface area contributed by atoms with Gasteiger partial charge in [0.25, 0.3) is 0 Å². The Hall–Kier alpha value is -1.44. The average Bonchev–Trinajstić information content (AvgIpc) is 2.89. The molecule has 1 amide bonds. The highest BCUT2D eigenvalue weighted by Crippen LogP contribution is 2.31. The van der Waals surface area contributed by atoms with E-state index in [4.69, 9.17) is 5.73 Å². The van der Waals surface area contributed by atoms with E-state index in [1.807, 2.05) is 13.8 Å². The maximum Gasteiger partial charge on any atom is 0.242 e. The Labute approximate surface area is 138 Å². The van der Waals surface area contributed by atoms with Gasteiger partial charge < -0.3 is 10.6 Å². The van der Waals surface area contributed by atoms with Crippen LogP contribution in [0.25, 0.3) is 0 Å². The van der Waals surface area contributed by atoms with E-state index in [1.165, 1.54) is 11.2 Å². The van der Waals surface area contributed by atoms with Crippen LogP contribution in [0.4, 0.5) is 5.69 Å². The number of rotatable bonds is 5. The van der Waals surface area contributed by atoms with Crippen molar-refractivity contribution in [2.45, 2.75) is 32.1 Å². The maximum absolute atomic E-state index is 12.8. The van der Waals surface area contributed by atoms with Gasteiger partial charge in [-0.05, 0) is 36.1 Å². The zero-order valence-corrected chi connectivity index (χ0v) is 15.0. The molecule has 23 heavy (non-hydrogen) atoms. The van der Waals surface area contributed by atoms with Gasteiger partial charge in [-0.3, -0.25) is 4.79 Å². The first-order valence-electron chi connectivity index (χ1n) is 7.66. The summed E-state index contributed by atoms with van der Waals surface area (Å²) in [5.74, 6) is -0.0732. The number of sulfonamides is 1. The molecule has 0 radical (unpaired) electrons. The van der Waals surface area contributed by atoms with Gasteiger partial charge in [0.05, 0.1) is 4.90 Å². The molecular weight excluding hydrogens is 314 g/mol. The lowest BCUT2D eigenvalue weighted by Crippen LogP contribution is -2.39. The Morgan fingerprint density at radius 1 is 1.39 bits per heavy atom. The second-order valence-electron chi connectivity index (χ2n) is 6.84. The van der Waals surface area contributed by atoms with Crippen molar-refractivity contribution in [2.75, 3.05) is 31.6 Å². The van der Waals surface area contributed by atoms with Crippen LogP contribution in [0, 0.1) is 5.41 Å². The SMILES string of the molecule is CC(=O)N1CCc2ccc(S(=O)(=O)N(C)CC(C)(C)CN)cc21. The first-order valence-corrected chi connectivity index (χ1v) is 9.10. The fourth-order valence-electron chi connectivity index (χ4n) is 2.78. The normalized spacial score (nSPS) is 15.1. The molecule has 0 unspecified atom stereocenters. The molecule has 1 aliphatic heterocycles. The number of carbonyl (C=O) groups excluding carboxylic acids is 1. The van der Waals surface area contributed by atoms with E-state index in [0.29, 0.717) is 25.3 Å². The lowest BCUT2D eigenvalue weighted by molar-refractivity contribution is -0.116. The fraction of sp³-hybridized carbons (Fsp3) is 0.562. The number of hydrogen-bond acceptors (Lipinski definition) is 4. The molecule has 1 aromatic carbocycles. The third kappa shape index (κ3) is 3.57. The largest absolute Gasteiger partial charge is 0.330 e. The summed E-state index contributed by atoms with van der Waals surface area (Å²) in [5, 5.41) is 0. The van der Waals surface area contributed by atoms with Gasteiger partial charge in [0.15, 0.2) is 0 Å². The Kier molecular flexibility index (Phi) is 4.84. The minimum absolute atomic E-state index is 0.0732. The maximum atomic E-state index is 12.8. The number of carbonyl (C=O) groups is 1. The lowest BCUT2D eigenvalue weighted by Gasteiger charge is -2.28. The van der Waals surface area contributed by atoms with Crippen LogP contribution in [0.2, 0.25) is 0 Å². The molecular formula is C16H25N3O3S. The van der Waals surface area contributed by atoms with Crippen LogP contribution in [0.5, 0.6) is 0 Å². The molecule has 0 atom stereocenters. The topological polar surface area (TPSA) is 83.7 Å². The third-order valence-corrected chi connectivity index (χ3v) is 6.04. The van der Waals surface area contributed by atoms with E-state index in [9.17, 15) is 13.2 Å². The smallest absolute Gasteiger partial charge is 0.242 e. The molecule has 1 aromatic rings. The fourth-order valence-corrected chi connectivity index (χ4v) is 4.16. The van der Waals surface area contributed by atoms with Crippen molar-refractivity contribution < 1.29 is 13.2 Å². The number of fused-ring (bicyclic) bond motifs is 1. The number of nitrogens with two attached hydrogens (primary N) is 1. The standard InChI is InChI=1S/C16H25N3O3S/c1-12(20)19-8-7-13-5-6-14(9-15(13)19)23(21,22)18(4)11-16(2,3)10-17/h5-6,9H,7-8,10-11,17H2,1-4H3. The molecule has 0 fully saturated rings. The summed E-state index contributed by atoms with van der Waals surface area (Å²) >= 11 is 0. The Morgan fingerprint density at radius 2 is 2.04 bits per heavy atom. The third-order valence-electron chi connectivity index (χ3n) is 4.24. The van der Waals surface area contributed by atoms with Crippen molar-refractivity contribution in [2.24, 2.45) is 11.1 Å². The molecule has 0 saturated carbocycles. The summed E-state index contributed by atoms with van der Waals surface area (Å²) in [5.41, 5.74) is 7.10. The molecule has 0 aliphatic carbocycles. The number of benzene rings is 1. The minimum Gasteiger partial charge on any atom is -0.330 e. The van der Waals surface area contributed by atoms with Crippen LogP contribution >= 0.6 is 0 Å². The van der Waals surface area contributed by atoms with Crippen LogP contribution in [0.15, 0.2) is 23.1 Å². The molecule has 6 nitrogen and oxygen atoms in total. The van der Waals surface area contributed by atoms with Crippen LogP contribution in [-0.2, 0) is 21.2 Å². The number of amides is 1. The van der Waals surface area contributed by atoms with E-state index in [1.54, 1.807) is 30.1 Å². The molecule has 0 spiro atoms. The monoisotopic (exact) mass is 339 g/mol. The first kappa shape index (κ1) is 17.9. The minimum atomic E-state index is -3.61. The Balaban J connectivity index is 2.35. The van der Waals surface area contributed by atoms with E-state index < -0.39 is 10.0 Å². The summed E-state index contributed by atoms with van der Waals surface area (Å²) in [4.78, 5) is 13.5. The second-order valence-corrected chi connectivity index (χ2v) is 8.89. The molecule has 0 aromatic heterocycles. The zero-order chi connectivity index (χ0) is 17.4. The van der Waals surface area contributed by atoms with E-state index in [2.05, 4.69) is 0 Å². The highest BCUT2D eigenvalue weighted by Gasteiger charge is 2.29. The summed E-state index contributed by atoms with van der Waals surface area (Å²) in [6.07, 6.45) is 0.755. The van der Waals surface area contributed by atoms with Crippen molar-refractivity contribution in [3.63, 3.8) is 0 Å². The Bertz CT molecular complexity index is 713. The molecule has 2 rings (SSSR count). The number of anilines is 1. The van der Waals surface area contributed by atoms with Crippen LogP contribution < -0.4 is 10.6 Å². The van der Waals surface area contributed by atoms with Crippen molar-refractivity contribution >= 4 is 21.6 Å². The molecule has 1 heterocycles. The summed E-state index contributed by atoms with van der Waals surface area (Å²) in [7, 11) is -2.05. The van der Waals surface area contributed by atoms with Crippen LogP contribution in [-0.4, -0.2) is 45.3 Å². The number of nitrogens with zero attached hydrogens (tertiary/aromatic N) is 2. The molecule has 1 aliphatic rings. The molecule has 128 valence electrons. The number of hydrogen-bond donors (Lipinski definition) is 1. The van der Waals surface area contributed by atoms with Crippen molar-refractivity contribution in [1.82, 2.24) is 4.31 Å². The van der Waals surface area contributed by atoms with Gasteiger partial charge in [0.1, 0.15) is 0 Å². The highest BCUT2D eigenvalue weighted by atomic mass is 32.2. The zero-order valence-electron chi connectivity index (χ0n) is 14.2. The van der Waals surface area contributed by atoms with E-state index in [-0.39, 0.29) is 16.2 Å². The molecule has 7 heteroatoms. The molecule has 2 N–H and O–H groups in total.